The minimum absolute atomic E-state index is 0. The van der Waals surface area contributed by atoms with Gasteiger partial charge in [0.2, 0.25) is 0 Å². The molecule has 0 aliphatic rings. The fourth-order valence-electron chi connectivity index (χ4n) is 6.15. The molecule has 0 saturated heterocycles. The molecule has 235 valence electrons. The zero-order valence-electron chi connectivity index (χ0n) is 29.2. The van der Waals surface area contributed by atoms with Gasteiger partial charge in [-0.05, 0) is 55.3 Å². The SMILES string of the molecule is Cc1cc(C)c(C([N-]c2c(C(C)C)cccc2C(C)C)c2nc(-c3ccccc3)c(-c3ccccc3)n2C)c(C)c1.[CH3-].[CH3-].[CH3-].[Zr+3]. The van der Waals surface area contributed by atoms with E-state index in [1.807, 2.05) is 0 Å². The van der Waals surface area contributed by atoms with E-state index in [-0.39, 0.29) is 54.5 Å². The third kappa shape index (κ3) is 8.14. The molecule has 1 heterocycles. The Morgan fingerprint density at radius 2 is 1.11 bits per heavy atom. The predicted octanol–water partition coefficient (Wildman–Crippen LogP) is 12.1. The van der Waals surface area contributed by atoms with Crippen molar-refractivity contribution in [3.05, 3.63) is 158 Å². The average molecular weight is 677 g/mol. The van der Waals surface area contributed by atoms with Crippen LogP contribution in [-0.2, 0) is 33.3 Å². The van der Waals surface area contributed by atoms with Gasteiger partial charge in [0.25, 0.3) is 0 Å². The molecular weight excluding hydrogens is 626 g/mol. The van der Waals surface area contributed by atoms with E-state index in [1.54, 1.807) is 0 Å². The number of aromatic nitrogens is 2. The van der Waals surface area contributed by atoms with Crippen LogP contribution in [-0.4, -0.2) is 9.55 Å². The van der Waals surface area contributed by atoms with Gasteiger partial charge in [0.1, 0.15) is 0 Å². The molecule has 1 radical (unpaired) electrons. The van der Waals surface area contributed by atoms with Crippen LogP contribution in [0.4, 0.5) is 5.69 Å². The van der Waals surface area contributed by atoms with Gasteiger partial charge in [-0.3, -0.25) is 0 Å². The summed E-state index contributed by atoms with van der Waals surface area (Å²) >= 11 is 0. The quantitative estimate of drug-likeness (QED) is 0.151. The van der Waals surface area contributed by atoms with Gasteiger partial charge in [-0.25, -0.2) is 4.98 Å². The molecule has 0 amide bonds. The standard InChI is InChI=1S/C38H42N3.3CH3.Zr/c1-24(2)31-20-15-21-32(25(3)4)35(31)39-36(33-27(6)22-26(5)23-28(33)7)38-40-34(29-16-11-9-12-17-29)37(41(38)8)30-18-13-10-14-19-30;;;;/h9-25,36H,1-8H3;3*1H3;/q4*-1;+3. The van der Waals surface area contributed by atoms with Gasteiger partial charge in [0.05, 0.1) is 17.2 Å². The van der Waals surface area contributed by atoms with Gasteiger partial charge in [-0.2, -0.15) is 0 Å². The first-order valence-corrected chi connectivity index (χ1v) is 14.8. The van der Waals surface area contributed by atoms with Crippen molar-refractivity contribution in [2.45, 2.75) is 66.3 Å². The minimum atomic E-state index is -0.266. The zero-order valence-corrected chi connectivity index (χ0v) is 31.7. The Labute approximate surface area is 293 Å². The summed E-state index contributed by atoms with van der Waals surface area (Å²) in [6, 6.07) is 32.1. The third-order valence-electron chi connectivity index (χ3n) is 8.08. The summed E-state index contributed by atoms with van der Waals surface area (Å²) in [5.74, 6) is 1.66. The van der Waals surface area contributed by atoms with Crippen LogP contribution in [0.15, 0.2) is 91.0 Å². The predicted molar refractivity (Wildman–Crippen MR) is 193 cm³/mol. The number of hydrogen-bond acceptors (Lipinski definition) is 1. The maximum absolute atomic E-state index is 5.71. The molecule has 5 rings (SSSR count). The molecule has 1 unspecified atom stereocenters. The maximum Gasteiger partial charge on any atom is 3.00 e. The Morgan fingerprint density at radius 1 is 0.644 bits per heavy atom. The smallest absolute Gasteiger partial charge is 0.671 e. The van der Waals surface area contributed by atoms with Crippen molar-refractivity contribution in [1.29, 1.82) is 0 Å². The van der Waals surface area contributed by atoms with Crippen LogP contribution in [0.5, 0.6) is 0 Å². The number of rotatable bonds is 8. The van der Waals surface area contributed by atoms with Crippen molar-refractivity contribution in [3.63, 3.8) is 0 Å². The van der Waals surface area contributed by atoms with E-state index in [1.165, 1.54) is 33.4 Å². The summed E-state index contributed by atoms with van der Waals surface area (Å²) in [6.07, 6.45) is 0. The van der Waals surface area contributed by atoms with Crippen molar-refractivity contribution in [2.75, 3.05) is 0 Å². The number of hydrogen-bond donors (Lipinski definition) is 0. The summed E-state index contributed by atoms with van der Waals surface area (Å²) in [4.78, 5) is 5.45. The van der Waals surface area contributed by atoms with E-state index < -0.39 is 0 Å². The summed E-state index contributed by atoms with van der Waals surface area (Å²) in [7, 11) is 2.15. The number of para-hydroxylation sites is 1. The van der Waals surface area contributed by atoms with Crippen LogP contribution < -0.4 is 0 Å². The fourth-order valence-corrected chi connectivity index (χ4v) is 6.15. The molecule has 5 aromatic rings. The fraction of sp³-hybridized carbons (Fsp3) is 0.268. The topological polar surface area (TPSA) is 31.9 Å². The van der Waals surface area contributed by atoms with E-state index >= 15 is 0 Å². The van der Waals surface area contributed by atoms with Gasteiger partial charge in [-0.15, -0.1) is 5.69 Å². The first kappa shape index (κ1) is 39.8. The molecule has 4 heteroatoms. The Bertz CT molecular complexity index is 1600. The summed E-state index contributed by atoms with van der Waals surface area (Å²) in [5.41, 5.74) is 13.0. The molecular formula is C41H51N3Zr-. The van der Waals surface area contributed by atoms with Gasteiger partial charge >= 0.3 is 26.2 Å². The Hall–Kier alpha value is -3.23. The van der Waals surface area contributed by atoms with E-state index in [9.17, 15) is 0 Å². The number of benzene rings is 4. The second kappa shape index (κ2) is 16.9. The molecule has 0 saturated carbocycles. The minimum Gasteiger partial charge on any atom is -0.671 e. The Balaban J connectivity index is 0.00000253. The normalized spacial score (nSPS) is 11.2. The van der Waals surface area contributed by atoms with Gasteiger partial charge in [0.15, 0.2) is 0 Å². The number of imidazole rings is 1. The molecule has 3 nitrogen and oxygen atoms in total. The van der Waals surface area contributed by atoms with Crippen molar-refractivity contribution < 1.29 is 26.2 Å². The second-order valence-corrected chi connectivity index (χ2v) is 11.9. The van der Waals surface area contributed by atoms with Crippen LogP contribution in [0, 0.1) is 43.1 Å². The van der Waals surface area contributed by atoms with Crippen LogP contribution in [0.3, 0.4) is 0 Å². The van der Waals surface area contributed by atoms with Gasteiger partial charge in [0, 0.05) is 18.2 Å². The average Bonchev–Trinajstić information content (AvgIpc) is 3.29. The van der Waals surface area contributed by atoms with Crippen LogP contribution in [0.25, 0.3) is 27.8 Å². The first-order chi connectivity index (χ1) is 19.7. The van der Waals surface area contributed by atoms with Crippen molar-refractivity contribution in [3.8, 4) is 22.5 Å². The van der Waals surface area contributed by atoms with Crippen LogP contribution in [0.2, 0.25) is 0 Å². The molecule has 1 aromatic heterocycles. The Morgan fingerprint density at radius 3 is 1.58 bits per heavy atom. The van der Waals surface area contributed by atoms with Gasteiger partial charge in [-0.1, -0.05) is 135 Å². The number of nitrogens with zero attached hydrogens (tertiary/aromatic N) is 3. The molecule has 0 N–H and O–H groups in total. The monoisotopic (exact) mass is 675 g/mol. The third-order valence-corrected chi connectivity index (χ3v) is 8.08. The molecule has 0 spiro atoms. The van der Waals surface area contributed by atoms with Crippen molar-refractivity contribution >= 4 is 5.69 Å². The molecule has 4 aromatic carbocycles. The number of aryl methyl sites for hydroxylation is 3. The summed E-state index contributed by atoms with van der Waals surface area (Å²) in [5, 5.41) is 5.71. The van der Waals surface area contributed by atoms with Gasteiger partial charge < -0.3 is 32.2 Å². The summed E-state index contributed by atoms with van der Waals surface area (Å²) < 4.78 is 2.28. The molecule has 0 aliphatic carbocycles. The van der Waals surface area contributed by atoms with Crippen LogP contribution >= 0.6 is 0 Å². The van der Waals surface area contributed by atoms with Crippen molar-refractivity contribution in [2.24, 2.45) is 7.05 Å². The molecule has 0 bridgehead atoms. The molecule has 0 aliphatic heterocycles. The molecule has 0 fully saturated rings. The zero-order chi connectivity index (χ0) is 29.3. The second-order valence-electron chi connectivity index (χ2n) is 11.9. The van der Waals surface area contributed by atoms with E-state index in [0.717, 1.165) is 34.0 Å². The van der Waals surface area contributed by atoms with Crippen molar-refractivity contribution in [1.82, 2.24) is 9.55 Å². The van der Waals surface area contributed by atoms with E-state index in [0.29, 0.717) is 11.8 Å². The maximum atomic E-state index is 5.71. The van der Waals surface area contributed by atoms with E-state index in [2.05, 4.69) is 151 Å². The largest absolute Gasteiger partial charge is 3.00 e. The summed E-state index contributed by atoms with van der Waals surface area (Å²) in [6.45, 7) is 15.6. The molecule has 45 heavy (non-hydrogen) atoms. The first-order valence-electron chi connectivity index (χ1n) is 14.8. The Kier molecular flexibility index (Phi) is 14.9. The van der Waals surface area contributed by atoms with Crippen LogP contribution in [0.1, 0.15) is 84.8 Å². The molecule has 1 atom stereocenters. The van der Waals surface area contributed by atoms with E-state index in [4.69, 9.17) is 10.3 Å².